The molecule has 1 aliphatic rings. The fraction of sp³-hybridized carbons (Fsp3) is 0.115. The molecule has 0 fully saturated rings. The Morgan fingerprint density at radius 2 is 1.41 bits per heavy atom. The molecular weight excluding hydrogens is 354 g/mol. The lowest BCUT2D eigenvalue weighted by Gasteiger charge is -2.29. The van der Waals surface area contributed by atoms with E-state index in [9.17, 15) is 0 Å². The Balaban J connectivity index is 1.75. The number of para-hydroxylation sites is 2. The van der Waals surface area contributed by atoms with Gasteiger partial charge in [0.1, 0.15) is 0 Å². The number of benzene rings is 3. The third-order valence-electron chi connectivity index (χ3n) is 4.90. The average molecular weight is 380 g/mol. The Labute approximate surface area is 172 Å². The minimum absolute atomic E-state index is 0.864. The molecule has 4 rings (SSSR count). The zero-order valence-corrected chi connectivity index (χ0v) is 16.6. The van der Waals surface area contributed by atoms with Gasteiger partial charge in [-0.15, -0.1) is 0 Å². The highest BCUT2D eigenvalue weighted by Crippen LogP contribution is 2.31. The number of hydrogen-bond donors (Lipinski definition) is 1. The summed E-state index contributed by atoms with van der Waals surface area (Å²) in [5.41, 5.74) is 7.00. The number of rotatable bonds is 5. The zero-order chi connectivity index (χ0) is 19.9. The number of nitrogens with zero attached hydrogens (tertiary/aromatic N) is 2. The van der Waals surface area contributed by atoms with Crippen LogP contribution in [-0.4, -0.2) is 31.3 Å². The summed E-state index contributed by atoms with van der Waals surface area (Å²) in [5.74, 6) is 0. The summed E-state index contributed by atoms with van der Waals surface area (Å²) in [7, 11) is 2.15. The predicted molar refractivity (Wildman–Crippen MR) is 124 cm³/mol. The SMILES string of the molecule is CN1CC(C=Nc2ccccc2)=C(c2ccccc2)/C(=C/Nc2ccccc2)C1. The van der Waals surface area contributed by atoms with Crippen molar-refractivity contribution < 1.29 is 0 Å². The molecule has 3 aromatic rings. The Bertz CT molecular complexity index is 1020. The second-order valence-electron chi connectivity index (χ2n) is 7.21. The van der Waals surface area contributed by atoms with Crippen molar-refractivity contribution in [3.8, 4) is 0 Å². The van der Waals surface area contributed by atoms with Gasteiger partial charge in [-0.3, -0.25) is 9.89 Å². The predicted octanol–water partition coefficient (Wildman–Crippen LogP) is 5.78. The summed E-state index contributed by atoms with van der Waals surface area (Å²) in [6.07, 6.45) is 4.15. The van der Waals surface area contributed by atoms with E-state index in [1.807, 2.05) is 54.7 Å². The molecule has 0 bridgehead atoms. The maximum Gasteiger partial charge on any atom is 0.0629 e. The van der Waals surface area contributed by atoms with E-state index >= 15 is 0 Å². The van der Waals surface area contributed by atoms with Crippen molar-refractivity contribution in [3.63, 3.8) is 0 Å². The normalized spacial score (nSPS) is 16.5. The van der Waals surface area contributed by atoms with E-state index in [1.54, 1.807) is 0 Å². The Morgan fingerprint density at radius 3 is 2.10 bits per heavy atom. The van der Waals surface area contributed by atoms with Gasteiger partial charge >= 0.3 is 0 Å². The van der Waals surface area contributed by atoms with Gasteiger partial charge in [0.2, 0.25) is 0 Å². The van der Waals surface area contributed by atoms with Crippen LogP contribution in [0, 0.1) is 0 Å². The van der Waals surface area contributed by atoms with Crippen LogP contribution in [0.25, 0.3) is 5.57 Å². The van der Waals surface area contributed by atoms with Crippen LogP contribution in [0.2, 0.25) is 0 Å². The molecule has 0 amide bonds. The topological polar surface area (TPSA) is 27.6 Å². The summed E-state index contributed by atoms with van der Waals surface area (Å²) in [6, 6.07) is 31.0. The Morgan fingerprint density at radius 1 is 0.793 bits per heavy atom. The van der Waals surface area contributed by atoms with Crippen LogP contribution in [-0.2, 0) is 0 Å². The van der Waals surface area contributed by atoms with Crippen LogP contribution < -0.4 is 5.32 Å². The number of nitrogens with one attached hydrogen (secondary N) is 1. The molecule has 0 unspecified atom stereocenters. The standard InChI is InChI=1S/C26H25N3/c1-29-19-22(17-27-24-13-7-3-8-14-24)26(21-11-5-2-6-12-21)23(20-29)18-28-25-15-9-4-10-16-25/h2-18,27H,19-20H2,1H3/b22-17+,28-18?. The van der Waals surface area contributed by atoms with E-state index < -0.39 is 0 Å². The van der Waals surface area contributed by atoms with Crippen molar-refractivity contribution in [1.29, 1.82) is 0 Å². The highest BCUT2D eigenvalue weighted by molar-refractivity contribution is 5.98. The van der Waals surface area contributed by atoms with Gasteiger partial charge in [-0.25, -0.2) is 0 Å². The minimum Gasteiger partial charge on any atom is -0.361 e. The minimum atomic E-state index is 0.864. The summed E-state index contributed by atoms with van der Waals surface area (Å²) in [6.45, 7) is 1.75. The summed E-state index contributed by atoms with van der Waals surface area (Å²) < 4.78 is 0. The van der Waals surface area contributed by atoms with Gasteiger partial charge in [0.25, 0.3) is 0 Å². The molecule has 0 radical (unpaired) electrons. The van der Waals surface area contributed by atoms with Gasteiger partial charge < -0.3 is 5.32 Å². The monoisotopic (exact) mass is 379 g/mol. The molecule has 0 aliphatic carbocycles. The Kier molecular flexibility index (Phi) is 5.98. The molecule has 1 heterocycles. The summed E-state index contributed by atoms with van der Waals surface area (Å²) >= 11 is 0. The molecule has 0 spiro atoms. The molecule has 0 saturated carbocycles. The maximum atomic E-state index is 4.74. The van der Waals surface area contributed by atoms with Crippen molar-refractivity contribution in [1.82, 2.24) is 4.90 Å². The highest BCUT2D eigenvalue weighted by Gasteiger charge is 2.21. The first-order valence-corrected chi connectivity index (χ1v) is 9.87. The smallest absolute Gasteiger partial charge is 0.0629 e. The van der Waals surface area contributed by atoms with Crippen LogP contribution in [0.5, 0.6) is 0 Å². The van der Waals surface area contributed by atoms with Gasteiger partial charge in [-0.05, 0) is 53.6 Å². The van der Waals surface area contributed by atoms with Crippen molar-refractivity contribution in [2.45, 2.75) is 0 Å². The van der Waals surface area contributed by atoms with Gasteiger partial charge in [-0.1, -0.05) is 66.7 Å². The van der Waals surface area contributed by atoms with E-state index in [1.165, 1.54) is 22.3 Å². The van der Waals surface area contributed by atoms with Gasteiger partial charge in [-0.2, -0.15) is 0 Å². The first-order chi connectivity index (χ1) is 14.3. The van der Waals surface area contributed by atoms with E-state index in [-0.39, 0.29) is 0 Å². The number of anilines is 1. The average Bonchev–Trinajstić information content (AvgIpc) is 2.78. The van der Waals surface area contributed by atoms with Crippen molar-refractivity contribution >= 4 is 23.2 Å². The van der Waals surface area contributed by atoms with Crippen LogP contribution in [0.3, 0.4) is 0 Å². The second-order valence-corrected chi connectivity index (χ2v) is 7.21. The zero-order valence-electron chi connectivity index (χ0n) is 16.6. The molecule has 3 nitrogen and oxygen atoms in total. The van der Waals surface area contributed by atoms with Crippen LogP contribution in [0.1, 0.15) is 5.56 Å². The summed E-state index contributed by atoms with van der Waals surface area (Å²) in [5, 5.41) is 3.46. The molecule has 29 heavy (non-hydrogen) atoms. The van der Waals surface area contributed by atoms with E-state index in [2.05, 4.69) is 65.9 Å². The maximum absolute atomic E-state index is 4.74. The third-order valence-corrected chi connectivity index (χ3v) is 4.90. The van der Waals surface area contributed by atoms with Crippen molar-refractivity contribution in [3.05, 3.63) is 114 Å². The fourth-order valence-electron chi connectivity index (χ4n) is 3.57. The van der Waals surface area contributed by atoms with E-state index in [4.69, 9.17) is 4.99 Å². The molecule has 0 saturated heterocycles. The van der Waals surface area contributed by atoms with Crippen molar-refractivity contribution in [2.24, 2.45) is 4.99 Å². The molecular formula is C26H25N3. The largest absolute Gasteiger partial charge is 0.361 e. The van der Waals surface area contributed by atoms with Crippen molar-refractivity contribution in [2.75, 3.05) is 25.5 Å². The third kappa shape index (κ3) is 4.89. The fourth-order valence-corrected chi connectivity index (χ4v) is 3.57. The first-order valence-electron chi connectivity index (χ1n) is 9.87. The van der Waals surface area contributed by atoms with Gasteiger partial charge in [0.15, 0.2) is 0 Å². The quantitative estimate of drug-likeness (QED) is 0.569. The molecule has 3 heteroatoms. The van der Waals surface area contributed by atoms with E-state index in [0.717, 1.165) is 24.5 Å². The highest BCUT2D eigenvalue weighted by atomic mass is 15.1. The Hall–Kier alpha value is -3.43. The number of aliphatic imine (C=N–C) groups is 1. The lowest BCUT2D eigenvalue weighted by atomic mass is 9.90. The molecule has 1 aliphatic heterocycles. The number of likely N-dealkylation sites (N-methyl/N-ethyl adjacent to an activating group) is 1. The molecule has 0 aromatic heterocycles. The van der Waals surface area contributed by atoms with Gasteiger partial charge in [0, 0.05) is 31.2 Å². The van der Waals surface area contributed by atoms with E-state index in [0.29, 0.717) is 0 Å². The summed E-state index contributed by atoms with van der Waals surface area (Å²) in [4.78, 5) is 7.05. The first kappa shape index (κ1) is 18.9. The number of hydrogen-bond acceptors (Lipinski definition) is 3. The lowest BCUT2D eigenvalue weighted by molar-refractivity contribution is 0.395. The van der Waals surface area contributed by atoms with Crippen LogP contribution in [0.15, 0.2) is 113 Å². The van der Waals surface area contributed by atoms with Crippen LogP contribution in [0.4, 0.5) is 11.4 Å². The van der Waals surface area contributed by atoms with Crippen LogP contribution >= 0.6 is 0 Å². The molecule has 144 valence electrons. The molecule has 3 aromatic carbocycles. The lowest BCUT2D eigenvalue weighted by Crippen LogP contribution is -2.30. The van der Waals surface area contributed by atoms with Gasteiger partial charge in [0.05, 0.1) is 5.69 Å². The molecule has 1 N–H and O–H groups in total. The second kappa shape index (κ2) is 9.18. The molecule has 0 atom stereocenters.